The van der Waals surface area contributed by atoms with Crippen molar-refractivity contribution in [3.05, 3.63) is 167 Å². The van der Waals surface area contributed by atoms with Gasteiger partial charge in [-0.25, -0.2) is 9.97 Å². The van der Waals surface area contributed by atoms with Gasteiger partial charge >= 0.3 is 0 Å². The Morgan fingerprint density at radius 3 is 1.87 bits per heavy atom. The van der Waals surface area contributed by atoms with Crippen LogP contribution in [0.1, 0.15) is 29.0 Å². The van der Waals surface area contributed by atoms with E-state index in [1.807, 2.05) is 0 Å². The van der Waals surface area contributed by atoms with E-state index in [4.69, 9.17) is 9.97 Å². The standard InChI is InChI=1S/C43H28N2/c1-3-12-27(13-4-1)41-42(28-14-5-2-6-15-28)45-43-35(22-11-23-36(43)44-41)38-33-21-10-20-32-30-18-8-7-17-29(30)31-19-9-16-26-24-25-34(38)40(37(26)31)39(32)33/h1-24,34,38H,25H2. The van der Waals surface area contributed by atoms with Gasteiger partial charge in [0.1, 0.15) is 0 Å². The average Bonchev–Trinajstić information content (AvgIpc) is 3.39. The first-order valence-corrected chi connectivity index (χ1v) is 15.8. The lowest BCUT2D eigenvalue weighted by Crippen LogP contribution is -2.34. The molecule has 210 valence electrons. The Labute approximate surface area is 261 Å². The molecule has 0 bridgehead atoms. The van der Waals surface area contributed by atoms with Gasteiger partial charge in [-0.1, -0.05) is 140 Å². The van der Waals surface area contributed by atoms with Crippen LogP contribution in [-0.2, 0) is 0 Å². The molecule has 1 heterocycles. The van der Waals surface area contributed by atoms with Crippen molar-refractivity contribution in [1.29, 1.82) is 0 Å². The number of para-hydroxylation sites is 1. The van der Waals surface area contributed by atoms with E-state index in [1.165, 1.54) is 55.0 Å². The van der Waals surface area contributed by atoms with E-state index in [9.17, 15) is 0 Å². The van der Waals surface area contributed by atoms with Crippen molar-refractivity contribution in [3.8, 4) is 44.8 Å². The highest BCUT2D eigenvalue weighted by molar-refractivity contribution is 5.99. The molecule has 2 unspecified atom stereocenters. The van der Waals surface area contributed by atoms with E-state index in [0.29, 0.717) is 5.92 Å². The Balaban J connectivity index is 1.28. The van der Waals surface area contributed by atoms with E-state index in [0.717, 1.165) is 40.0 Å². The van der Waals surface area contributed by atoms with Crippen LogP contribution in [0.5, 0.6) is 0 Å². The van der Waals surface area contributed by atoms with Crippen molar-refractivity contribution in [2.75, 3.05) is 0 Å². The topological polar surface area (TPSA) is 25.8 Å². The first kappa shape index (κ1) is 24.8. The minimum Gasteiger partial charge on any atom is -0.244 e. The normalized spacial score (nSPS) is 16.9. The number of benzene rings is 6. The third kappa shape index (κ3) is 3.51. The molecule has 0 N–H and O–H groups in total. The van der Waals surface area contributed by atoms with Crippen molar-refractivity contribution < 1.29 is 0 Å². The number of fused-ring (bicyclic) bond motifs is 4. The van der Waals surface area contributed by atoms with E-state index in [2.05, 4.69) is 146 Å². The fourth-order valence-electron chi connectivity index (χ4n) is 8.29. The summed E-state index contributed by atoms with van der Waals surface area (Å²) in [6.45, 7) is 0. The Morgan fingerprint density at radius 1 is 0.489 bits per heavy atom. The number of rotatable bonds is 3. The summed E-state index contributed by atoms with van der Waals surface area (Å²) in [5.74, 6) is 0.507. The van der Waals surface area contributed by atoms with E-state index < -0.39 is 0 Å². The molecule has 2 atom stereocenters. The predicted molar refractivity (Wildman–Crippen MR) is 184 cm³/mol. The molecule has 10 rings (SSSR count). The molecule has 3 aliphatic rings. The van der Waals surface area contributed by atoms with Crippen molar-refractivity contribution >= 4 is 22.7 Å². The van der Waals surface area contributed by atoms with Gasteiger partial charge < -0.3 is 0 Å². The third-order valence-corrected chi connectivity index (χ3v) is 10.1. The van der Waals surface area contributed by atoms with Gasteiger partial charge in [0.15, 0.2) is 0 Å². The average molecular weight is 573 g/mol. The molecule has 0 saturated carbocycles. The second-order valence-corrected chi connectivity index (χ2v) is 12.4. The van der Waals surface area contributed by atoms with Gasteiger partial charge in [0, 0.05) is 17.0 Å². The van der Waals surface area contributed by atoms with Gasteiger partial charge in [0.2, 0.25) is 0 Å². The zero-order valence-corrected chi connectivity index (χ0v) is 24.6. The molecule has 45 heavy (non-hydrogen) atoms. The Morgan fingerprint density at radius 2 is 1.09 bits per heavy atom. The van der Waals surface area contributed by atoms with Gasteiger partial charge in [-0.3, -0.25) is 0 Å². The highest BCUT2D eigenvalue weighted by Crippen LogP contribution is 2.55. The summed E-state index contributed by atoms with van der Waals surface area (Å²) in [5, 5.41) is 2.77. The predicted octanol–water partition coefficient (Wildman–Crippen LogP) is 8.76. The fraction of sp³-hybridized carbons (Fsp3) is 0.0698. The first-order chi connectivity index (χ1) is 22.3. The molecule has 0 radical (unpaired) electrons. The molecular formula is C43H28N2. The monoisotopic (exact) mass is 572 g/mol. The third-order valence-electron chi connectivity index (χ3n) is 10.1. The molecule has 3 aliphatic carbocycles. The van der Waals surface area contributed by atoms with E-state index >= 15 is 0 Å². The first-order valence-electron chi connectivity index (χ1n) is 15.8. The second kappa shape index (κ2) is 9.45. The van der Waals surface area contributed by atoms with Gasteiger partial charge in [0.25, 0.3) is 0 Å². The van der Waals surface area contributed by atoms with E-state index in [1.54, 1.807) is 0 Å². The second-order valence-electron chi connectivity index (χ2n) is 12.4. The summed E-state index contributed by atoms with van der Waals surface area (Å²) in [6.07, 6.45) is 3.47. The van der Waals surface area contributed by atoms with Crippen LogP contribution in [0.2, 0.25) is 0 Å². The molecule has 0 amide bonds. The lowest BCUT2D eigenvalue weighted by Gasteiger charge is -2.25. The molecule has 2 nitrogen and oxygen atoms in total. The summed E-state index contributed by atoms with van der Waals surface area (Å²) < 4.78 is 0. The van der Waals surface area contributed by atoms with Crippen LogP contribution >= 0.6 is 0 Å². The zero-order chi connectivity index (χ0) is 29.5. The van der Waals surface area contributed by atoms with Crippen molar-refractivity contribution in [2.45, 2.75) is 12.3 Å². The molecule has 2 heteroatoms. The Kier molecular flexibility index (Phi) is 5.21. The molecule has 0 aliphatic heterocycles. The smallest absolute Gasteiger partial charge is 0.0973 e. The van der Waals surface area contributed by atoms with Crippen molar-refractivity contribution in [3.63, 3.8) is 0 Å². The number of aromatic nitrogens is 2. The highest BCUT2D eigenvalue weighted by Gasteiger charge is 2.42. The van der Waals surface area contributed by atoms with Crippen LogP contribution in [0, 0.1) is 5.92 Å². The molecular weight excluding hydrogens is 544 g/mol. The summed E-state index contributed by atoms with van der Waals surface area (Å²) in [7, 11) is 0. The van der Waals surface area contributed by atoms with E-state index in [-0.39, 0.29) is 5.92 Å². The summed E-state index contributed by atoms with van der Waals surface area (Å²) >= 11 is 0. The fourth-order valence-corrected chi connectivity index (χ4v) is 8.29. The lowest BCUT2D eigenvalue weighted by atomic mass is 9.79. The van der Waals surface area contributed by atoms with Gasteiger partial charge in [-0.05, 0) is 73.4 Å². The summed E-state index contributed by atoms with van der Waals surface area (Å²) in [6, 6.07) is 50.3. The minimum absolute atomic E-state index is 0.182. The number of hydrogen-bond acceptors (Lipinski definition) is 2. The SMILES string of the molecule is C1=c2cccc3c2=C2c4c(cccc4C(c4cccc5nc(-c6ccccc6)c(-c6ccccc6)nc45)C2C1)-c1ccccc1-3. The lowest BCUT2D eigenvalue weighted by molar-refractivity contribution is 0.629. The number of hydrogen-bond donors (Lipinski definition) is 0. The van der Waals surface area contributed by atoms with Crippen LogP contribution in [0.15, 0.2) is 140 Å². The summed E-state index contributed by atoms with van der Waals surface area (Å²) in [5.41, 5.74) is 16.9. The van der Waals surface area contributed by atoms with Gasteiger partial charge in [-0.2, -0.15) is 0 Å². The van der Waals surface area contributed by atoms with Crippen molar-refractivity contribution in [1.82, 2.24) is 9.97 Å². The van der Waals surface area contributed by atoms with Crippen LogP contribution in [0.3, 0.4) is 0 Å². The quantitative estimate of drug-likeness (QED) is 0.212. The van der Waals surface area contributed by atoms with Crippen molar-refractivity contribution in [2.24, 2.45) is 5.92 Å². The molecule has 7 aromatic rings. The van der Waals surface area contributed by atoms with Gasteiger partial charge in [0.05, 0.1) is 22.4 Å². The molecule has 0 saturated heterocycles. The Bertz CT molecular complexity index is 2460. The van der Waals surface area contributed by atoms with Crippen LogP contribution < -0.4 is 10.4 Å². The highest BCUT2D eigenvalue weighted by atomic mass is 14.8. The van der Waals surface area contributed by atoms with Gasteiger partial charge in [-0.15, -0.1) is 0 Å². The maximum Gasteiger partial charge on any atom is 0.0973 e. The molecule has 6 aromatic carbocycles. The Hall–Kier alpha value is -5.60. The molecule has 0 fully saturated rings. The van der Waals surface area contributed by atoms with Crippen LogP contribution in [-0.4, -0.2) is 9.97 Å². The molecule has 1 aromatic heterocycles. The largest absolute Gasteiger partial charge is 0.244 e. The maximum atomic E-state index is 5.53. The van der Waals surface area contributed by atoms with Crippen LogP contribution in [0.4, 0.5) is 0 Å². The minimum atomic E-state index is 0.182. The maximum absolute atomic E-state index is 5.53. The number of nitrogens with zero attached hydrogens (tertiary/aromatic N) is 2. The molecule has 0 spiro atoms. The zero-order valence-electron chi connectivity index (χ0n) is 24.6. The summed E-state index contributed by atoms with van der Waals surface area (Å²) in [4.78, 5) is 10.9. The van der Waals surface area contributed by atoms with Crippen LogP contribution in [0.25, 0.3) is 67.5 Å².